The summed E-state index contributed by atoms with van der Waals surface area (Å²) in [4.78, 5) is 4.72. The first kappa shape index (κ1) is 13.8. The number of benzene rings is 2. The van der Waals surface area contributed by atoms with Gasteiger partial charge < -0.3 is 4.57 Å². The van der Waals surface area contributed by atoms with Crippen molar-refractivity contribution in [3.05, 3.63) is 48.3 Å². The number of hydrogen-bond donors (Lipinski definition) is 0. The highest BCUT2D eigenvalue weighted by atomic mass is 32.2. The second-order valence-electron chi connectivity index (χ2n) is 4.92. The first-order valence-corrected chi connectivity index (χ1v) is 8.18. The number of fused-ring (bicyclic) bond motifs is 1. The lowest BCUT2D eigenvalue weighted by Crippen LogP contribution is -1.97. The predicted molar refractivity (Wildman–Crippen MR) is 79.2 cm³/mol. The third-order valence-electron chi connectivity index (χ3n) is 3.38. The fourth-order valence-electron chi connectivity index (χ4n) is 2.27. The molecule has 0 fully saturated rings. The highest BCUT2D eigenvalue weighted by Gasteiger charge is 2.12. The molecule has 2 aromatic carbocycles. The van der Waals surface area contributed by atoms with Crippen LogP contribution < -0.4 is 0 Å². The molecular weight excluding hydrogens is 291 g/mol. The second-order valence-corrected chi connectivity index (χ2v) is 6.94. The Balaban J connectivity index is 2.14. The van der Waals surface area contributed by atoms with Gasteiger partial charge in [-0.2, -0.15) is 0 Å². The summed E-state index contributed by atoms with van der Waals surface area (Å²) < 4.78 is 38.0. The Kier molecular flexibility index (Phi) is 3.06. The van der Waals surface area contributed by atoms with E-state index in [1.807, 2.05) is 0 Å². The fourth-order valence-corrected chi connectivity index (χ4v) is 2.90. The van der Waals surface area contributed by atoms with E-state index < -0.39 is 9.84 Å². The van der Waals surface area contributed by atoms with E-state index in [1.165, 1.54) is 18.4 Å². The molecule has 4 nitrogen and oxygen atoms in total. The molecule has 6 heteroatoms. The molecule has 3 aromatic rings. The summed E-state index contributed by atoms with van der Waals surface area (Å²) in [7, 11) is -1.42. The van der Waals surface area contributed by atoms with Gasteiger partial charge in [0.05, 0.1) is 15.9 Å². The van der Waals surface area contributed by atoms with Gasteiger partial charge in [-0.25, -0.2) is 17.8 Å². The lowest BCUT2D eigenvalue weighted by molar-refractivity contribution is 0.602. The maximum absolute atomic E-state index is 13.3. The molecule has 1 aromatic heterocycles. The quantitative estimate of drug-likeness (QED) is 0.731. The van der Waals surface area contributed by atoms with E-state index in [-0.39, 0.29) is 10.7 Å². The van der Waals surface area contributed by atoms with E-state index in [2.05, 4.69) is 4.98 Å². The summed E-state index contributed by atoms with van der Waals surface area (Å²) >= 11 is 0. The molecule has 0 aliphatic carbocycles. The Hall–Kier alpha value is -2.21. The number of aryl methyl sites for hydroxylation is 1. The van der Waals surface area contributed by atoms with Crippen LogP contribution in [0, 0.1) is 5.82 Å². The monoisotopic (exact) mass is 304 g/mol. The van der Waals surface area contributed by atoms with Gasteiger partial charge in [-0.15, -0.1) is 0 Å². The van der Waals surface area contributed by atoms with E-state index in [1.54, 1.807) is 41.9 Å². The first-order valence-electron chi connectivity index (χ1n) is 6.29. The summed E-state index contributed by atoms with van der Waals surface area (Å²) in [5.74, 6) is 0.347. The van der Waals surface area contributed by atoms with Crippen LogP contribution >= 0.6 is 0 Å². The maximum atomic E-state index is 13.3. The van der Waals surface area contributed by atoms with Crippen molar-refractivity contribution in [1.82, 2.24) is 9.55 Å². The van der Waals surface area contributed by atoms with Crippen LogP contribution in [0.2, 0.25) is 0 Å². The van der Waals surface area contributed by atoms with Crippen molar-refractivity contribution in [1.29, 1.82) is 0 Å². The van der Waals surface area contributed by atoms with Crippen molar-refractivity contribution in [3.8, 4) is 11.4 Å². The number of aromatic nitrogens is 2. The van der Waals surface area contributed by atoms with Gasteiger partial charge in [-0.3, -0.25) is 0 Å². The highest BCUT2D eigenvalue weighted by molar-refractivity contribution is 7.90. The highest BCUT2D eigenvalue weighted by Crippen LogP contribution is 2.25. The first-order chi connectivity index (χ1) is 9.86. The average Bonchev–Trinajstić information content (AvgIpc) is 2.75. The number of hydrogen-bond acceptors (Lipinski definition) is 3. The van der Waals surface area contributed by atoms with Crippen LogP contribution in [0.15, 0.2) is 47.4 Å². The number of rotatable bonds is 2. The molecular formula is C15H13FN2O2S. The summed E-state index contributed by atoms with van der Waals surface area (Å²) in [6.45, 7) is 0. The SMILES string of the molecule is Cn1c(-c2ccc(S(C)(=O)=O)cc2)nc2ccc(F)cc21. The van der Waals surface area contributed by atoms with Crippen LogP contribution in [-0.4, -0.2) is 24.2 Å². The van der Waals surface area contributed by atoms with Crippen molar-refractivity contribution in [2.75, 3.05) is 6.26 Å². The zero-order valence-corrected chi connectivity index (χ0v) is 12.4. The molecule has 0 aliphatic rings. The third kappa shape index (κ3) is 2.42. The van der Waals surface area contributed by atoms with Crippen LogP contribution in [-0.2, 0) is 16.9 Å². The lowest BCUT2D eigenvalue weighted by atomic mass is 10.2. The number of halogens is 1. The average molecular weight is 304 g/mol. The van der Waals surface area contributed by atoms with Crippen molar-refractivity contribution in [2.45, 2.75) is 4.90 Å². The largest absolute Gasteiger partial charge is 0.327 e. The summed E-state index contributed by atoms with van der Waals surface area (Å²) in [5.41, 5.74) is 2.17. The smallest absolute Gasteiger partial charge is 0.175 e. The third-order valence-corrected chi connectivity index (χ3v) is 4.51. The maximum Gasteiger partial charge on any atom is 0.175 e. The molecule has 0 atom stereocenters. The number of imidazole rings is 1. The van der Waals surface area contributed by atoms with E-state index >= 15 is 0 Å². The molecule has 0 radical (unpaired) electrons. The standard InChI is InChI=1S/C15H13FN2O2S/c1-18-14-9-11(16)5-8-13(14)17-15(18)10-3-6-12(7-4-10)21(2,19)20/h3-9H,1-2H3. The zero-order chi connectivity index (χ0) is 15.2. The second kappa shape index (κ2) is 4.66. The molecule has 0 bridgehead atoms. The van der Waals surface area contributed by atoms with Gasteiger partial charge >= 0.3 is 0 Å². The lowest BCUT2D eigenvalue weighted by Gasteiger charge is -2.04. The van der Waals surface area contributed by atoms with Crippen molar-refractivity contribution < 1.29 is 12.8 Å². The summed E-state index contributed by atoms with van der Waals surface area (Å²) in [6, 6.07) is 10.9. The Morgan fingerprint density at radius 3 is 2.38 bits per heavy atom. The topological polar surface area (TPSA) is 52.0 Å². The summed E-state index contributed by atoms with van der Waals surface area (Å²) in [6.07, 6.45) is 1.17. The van der Waals surface area contributed by atoms with E-state index in [0.717, 1.165) is 5.56 Å². The van der Waals surface area contributed by atoms with Crippen LogP contribution in [0.1, 0.15) is 0 Å². The van der Waals surface area contributed by atoms with Gasteiger partial charge in [0.2, 0.25) is 0 Å². The van der Waals surface area contributed by atoms with Crippen molar-refractivity contribution >= 4 is 20.9 Å². The van der Waals surface area contributed by atoms with Crippen LogP contribution in [0.5, 0.6) is 0 Å². The molecule has 3 rings (SSSR count). The molecule has 0 unspecified atom stereocenters. The van der Waals surface area contributed by atoms with Gasteiger partial charge in [-0.05, 0) is 42.5 Å². The molecule has 0 aliphatic heterocycles. The van der Waals surface area contributed by atoms with Crippen molar-refractivity contribution in [2.24, 2.45) is 7.05 Å². The van der Waals surface area contributed by atoms with Crippen LogP contribution in [0.25, 0.3) is 22.4 Å². The predicted octanol–water partition coefficient (Wildman–Crippen LogP) is 2.78. The molecule has 0 saturated carbocycles. The molecule has 0 spiro atoms. The zero-order valence-electron chi connectivity index (χ0n) is 11.5. The summed E-state index contributed by atoms with van der Waals surface area (Å²) in [5, 5.41) is 0. The van der Waals surface area contributed by atoms with Crippen LogP contribution in [0.3, 0.4) is 0 Å². The van der Waals surface area contributed by atoms with E-state index in [4.69, 9.17) is 0 Å². The van der Waals surface area contributed by atoms with Gasteiger partial charge in [0.25, 0.3) is 0 Å². The normalized spacial score (nSPS) is 12.0. The van der Waals surface area contributed by atoms with Gasteiger partial charge in [0, 0.05) is 18.9 Å². The minimum absolute atomic E-state index is 0.260. The minimum Gasteiger partial charge on any atom is -0.327 e. The van der Waals surface area contributed by atoms with E-state index in [9.17, 15) is 12.8 Å². The van der Waals surface area contributed by atoms with E-state index in [0.29, 0.717) is 16.9 Å². The Labute approximate surface area is 121 Å². The Bertz CT molecular complexity index is 928. The molecule has 0 saturated heterocycles. The number of nitrogens with zero attached hydrogens (tertiary/aromatic N) is 2. The molecule has 21 heavy (non-hydrogen) atoms. The van der Waals surface area contributed by atoms with Gasteiger partial charge in [0.1, 0.15) is 11.6 Å². The number of sulfone groups is 1. The molecule has 0 amide bonds. The minimum atomic E-state index is -3.22. The molecule has 0 N–H and O–H groups in total. The van der Waals surface area contributed by atoms with Crippen LogP contribution in [0.4, 0.5) is 4.39 Å². The Morgan fingerprint density at radius 1 is 1.10 bits per heavy atom. The van der Waals surface area contributed by atoms with Gasteiger partial charge in [-0.1, -0.05) is 0 Å². The van der Waals surface area contributed by atoms with Gasteiger partial charge in [0.15, 0.2) is 9.84 Å². The Morgan fingerprint density at radius 2 is 1.76 bits per heavy atom. The molecule has 108 valence electrons. The molecule has 1 heterocycles. The fraction of sp³-hybridized carbons (Fsp3) is 0.133. The van der Waals surface area contributed by atoms with Crippen molar-refractivity contribution in [3.63, 3.8) is 0 Å².